The van der Waals surface area contributed by atoms with Crippen molar-refractivity contribution in [3.63, 3.8) is 0 Å². The maximum Gasteiger partial charge on any atom is 0.413 e. The molecule has 0 radical (unpaired) electrons. The van der Waals surface area contributed by atoms with Crippen LogP contribution in [0.3, 0.4) is 0 Å². The highest BCUT2D eigenvalue weighted by molar-refractivity contribution is 5.79. The summed E-state index contributed by atoms with van der Waals surface area (Å²) in [4.78, 5) is 33.8. The Balaban J connectivity index is 1.81. The number of aryl methyl sites for hydroxylation is 4. The van der Waals surface area contributed by atoms with Gasteiger partial charge in [0.05, 0.1) is 6.54 Å². The maximum absolute atomic E-state index is 12.3. The lowest BCUT2D eigenvalue weighted by Gasteiger charge is -2.09. The summed E-state index contributed by atoms with van der Waals surface area (Å²) in [6, 6.07) is 14.6. The van der Waals surface area contributed by atoms with Crippen LogP contribution in [0.4, 0.5) is 0 Å². The average molecular weight is 375 g/mol. The van der Waals surface area contributed by atoms with E-state index in [1.165, 1.54) is 11.1 Å². The van der Waals surface area contributed by atoms with E-state index in [9.17, 15) is 9.59 Å². The number of rotatable bonds is 5. The summed E-state index contributed by atoms with van der Waals surface area (Å²) in [5.41, 5.74) is 5.11. The third kappa shape index (κ3) is 3.45. The molecule has 0 aliphatic rings. The van der Waals surface area contributed by atoms with Crippen molar-refractivity contribution in [2.24, 2.45) is 0 Å². The molecule has 0 aliphatic heterocycles. The Bertz CT molecular complexity index is 1290. The molecule has 6 nitrogen and oxygen atoms in total. The SMILES string of the molecule is CCc1ccc2c(c1)nc1c(=O)[nH]c(=O)[nH]c1[n+]2CCCc1cccc(C)c1. The van der Waals surface area contributed by atoms with Gasteiger partial charge in [-0.3, -0.25) is 9.78 Å². The summed E-state index contributed by atoms with van der Waals surface area (Å²) in [6.45, 7) is 4.85. The highest BCUT2D eigenvalue weighted by atomic mass is 16.2. The van der Waals surface area contributed by atoms with E-state index in [4.69, 9.17) is 0 Å². The third-order valence-corrected chi connectivity index (χ3v) is 5.07. The average Bonchev–Trinajstić information content (AvgIpc) is 2.67. The number of aromatic nitrogens is 4. The van der Waals surface area contributed by atoms with Crippen LogP contribution < -0.4 is 15.8 Å². The first-order valence-corrected chi connectivity index (χ1v) is 9.59. The van der Waals surface area contributed by atoms with E-state index in [0.29, 0.717) is 12.2 Å². The molecule has 4 rings (SSSR count). The van der Waals surface area contributed by atoms with Crippen LogP contribution in [0.2, 0.25) is 0 Å². The van der Waals surface area contributed by atoms with Gasteiger partial charge in [-0.25, -0.2) is 14.3 Å². The number of hydrogen-bond acceptors (Lipinski definition) is 3. The first-order chi connectivity index (χ1) is 13.5. The van der Waals surface area contributed by atoms with E-state index in [2.05, 4.69) is 59.1 Å². The van der Waals surface area contributed by atoms with Crippen molar-refractivity contribution in [2.45, 2.75) is 39.7 Å². The molecule has 0 unspecified atom stereocenters. The minimum atomic E-state index is -0.517. The maximum atomic E-state index is 12.3. The summed E-state index contributed by atoms with van der Waals surface area (Å²) in [5, 5.41) is 0. The Kier molecular flexibility index (Phi) is 4.77. The standard InChI is InChI=1S/C22H22N4O2/c1-3-15-9-10-18-17(13-15)23-19-20(24-22(28)25-21(19)27)26(18)11-5-8-16-7-4-6-14(2)12-16/h4,6-7,9-10,12-13H,3,5,8,11H2,1-2H3,(H,25,27,28)/p+1. The molecule has 0 saturated heterocycles. The zero-order chi connectivity index (χ0) is 19.7. The van der Waals surface area contributed by atoms with Crippen LogP contribution in [0.1, 0.15) is 30.0 Å². The third-order valence-electron chi connectivity index (χ3n) is 5.07. The molecule has 6 heteroatoms. The second-order valence-corrected chi connectivity index (χ2v) is 7.14. The Morgan fingerprint density at radius 2 is 1.89 bits per heavy atom. The fourth-order valence-electron chi connectivity index (χ4n) is 3.66. The molecule has 0 aliphatic carbocycles. The van der Waals surface area contributed by atoms with Crippen LogP contribution in [0.5, 0.6) is 0 Å². The Morgan fingerprint density at radius 3 is 2.68 bits per heavy atom. The highest BCUT2D eigenvalue weighted by Crippen LogP contribution is 2.14. The molecular formula is C22H23N4O2+. The van der Waals surface area contributed by atoms with Gasteiger partial charge in [0.2, 0.25) is 5.52 Å². The molecule has 0 saturated carbocycles. The first-order valence-electron chi connectivity index (χ1n) is 9.59. The number of fused-ring (bicyclic) bond motifs is 2. The Hall–Kier alpha value is -3.28. The molecule has 0 spiro atoms. The lowest BCUT2D eigenvalue weighted by Crippen LogP contribution is -2.40. The minimum Gasteiger partial charge on any atom is -0.267 e. The molecule has 28 heavy (non-hydrogen) atoms. The summed E-state index contributed by atoms with van der Waals surface area (Å²) < 4.78 is 2.00. The number of hydrogen-bond donors (Lipinski definition) is 2. The predicted molar refractivity (Wildman–Crippen MR) is 110 cm³/mol. The summed E-state index contributed by atoms with van der Waals surface area (Å²) in [7, 11) is 0. The van der Waals surface area contributed by atoms with Crippen molar-refractivity contribution in [1.29, 1.82) is 0 Å². The van der Waals surface area contributed by atoms with E-state index >= 15 is 0 Å². The van der Waals surface area contributed by atoms with Crippen molar-refractivity contribution >= 4 is 22.2 Å². The smallest absolute Gasteiger partial charge is 0.267 e. The van der Waals surface area contributed by atoms with E-state index in [-0.39, 0.29) is 5.52 Å². The van der Waals surface area contributed by atoms with E-state index in [1.54, 1.807) is 0 Å². The van der Waals surface area contributed by atoms with Crippen molar-refractivity contribution in [3.8, 4) is 0 Å². The van der Waals surface area contributed by atoms with Crippen LogP contribution in [-0.4, -0.2) is 15.0 Å². The molecule has 0 fully saturated rings. The summed E-state index contributed by atoms with van der Waals surface area (Å²) in [6.07, 6.45) is 2.69. The summed E-state index contributed by atoms with van der Waals surface area (Å²) in [5.74, 6) is 0. The van der Waals surface area contributed by atoms with Crippen LogP contribution in [0.15, 0.2) is 52.1 Å². The number of benzene rings is 2. The monoisotopic (exact) mass is 375 g/mol. The van der Waals surface area contributed by atoms with Gasteiger partial charge < -0.3 is 0 Å². The van der Waals surface area contributed by atoms with Crippen molar-refractivity contribution in [2.75, 3.05) is 0 Å². The van der Waals surface area contributed by atoms with E-state index in [1.807, 2.05) is 16.7 Å². The van der Waals surface area contributed by atoms with Gasteiger partial charge in [-0.2, -0.15) is 4.98 Å². The normalized spacial score (nSPS) is 11.4. The molecule has 2 N–H and O–H groups in total. The number of nitrogens with one attached hydrogen (secondary N) is 2. The van der Waals surface area contributed by atoms with Crippen molar-refractivity contribution in [1.82, 2.24) is 15.0 Å². The van der Waals surface area contributed by atoms with Crippen LogP contribution in [-0.2, 0) is 19.4 Å². The molecule has 2 heterocycles. The number of H-pyrrole nitrogens is 2. The molecule has 142 valence electrons. The fraction of sp³-hybridized carbons (Fsp3) is 0.273. The number of nitrogens with zero attached hydrogens (tertiary/aromatic N) is 2. The molecule has 0 atom stereocenters. The van der Waals surface area contributed by atoms with Crippen molar-refractivity contribution < 1.29 is 4.57 Å². The second kappa shape index (κ2) is 7.38. The van der Waals surface area contributed by atoms with Gasteiger partial charge in [-0.05, 0) is 49.4 Å². The summed E-state index contributed by atoms with van der Waals surface area (Å²) >= 11 is 0. The van der Waals surface area contributed by atoms with Gasteiger partial charge in [0.25, 0.3) is 5.56 Å². The van der Waals surface area contributed by atoms with Gasteiger partial charge in [0, 0.05) is 0 Å². The topological polar surface area (TPSA) is 82.5 Å². The largest absolute Gasteiger partial charge is 0.413 e. The van der Waals surface area contributed by atoms with Gasteiger partial charge >= 0.3 is 11.3 Å². The zero-order valence-electron chi connectivity index (χ0n) is 16.1. The van der Waals surface area contributed by atoms with Crippen molar-refractivity contribution in [3.05, 3.63) is 80.0 Å². The zero-order valence-corrected chi connectivity index (χ0v) is 16.1. The Labute approximate surface area is 161 Å². The predicted octanol–water partition coefficient (Wildman–Crippen LogP) is 2.56. The fourth-order valence-corrected chi connectivity index (χ4v) is 3.66. The van der Waals surface area contributed by atoms with Gasteiger partial charge in [0.15, 0.2) is 5.52 Å². The van der Waals surface area contributed by atoms with E-state index in [0.717, 1.165) is 35.9 Å². The molecule has 2 aromatic heterocycles. The van der Waals surface area contributed by atoms with E-state index < -0.39 is 11.2 Å². The lowest BCUT2D eigenvalue weighted by atomic mass is 10.1. The lowest BCUT2D eigenvalue weighted by molar-refractivity contribution is -0.648. The number of aromatic amines is 2. The first kappa shape index (κ1) is 18.1. The van der Waals surface area contributed by atoms with Crippen LogP contribution in [0.25, 0.3) is 22.2 Å². The quantitative estimate of drug-likeness (QED) is 0.415. The molecule has 4 aromatic rings. The molecule has 2 aromatic carbocycles. The minimum absolute atomic E-state index is 0.260. The van der Waals surface area contributed by atoms with Gasteiger partial charge in [-0.1, -0.05) is 42.8 Å². The second-order valence-electron chi connectivity index (χ2n) is 7.14. The Morgan fingerprint density at radius 1 is 1.04 bits per heavy atom. The van der Waals surface area contributed by atoms with Crippen LogP contribution in [0, 0.1) is 6.92 Å². The highest BCUT2D eigenvalue weighted by Gasteiger charge is 2.18. The molecular weight excluding hydrogens is 352 g/mol. The molecule has 0 amide bonds. The molecule has 0 bridgehead atoms. The van der Waals surface area contributed by atoms with Gasteiger partial charge in [0.1, 0.15) is 5.52 Å². The van der Waals surface area contributed by atoms with Crippen LogP contribution >= 0.6 is 0 Å². The van der Waals surface area contributed by atoms with Gasteiger partial charge in [-0.15, -0.1) is 0 Å².